The Labute approximate surface area is 203 Å². The van der Waals surface area contributed by atoms with Crippen molar-refractivity contribution in [3.63, 3.8) is 0 Å². The van der Waals surface area contributed by atoms with Crippen LogP contribution in [0.1, 0.15) is 44.0 Å². The van der Waals surface area contributed by atoms with E-state index < -0.39 is 11.4 Å². The SMILES string of the molecule is CC(C)c1cncc(Nc2c(-c3ccc(-c4ccc(C5(C(=O)O)CC5)nc4)cn3)cnn2C)n1.N. The number of aromatic nitrogens is 6. The van der Waals surface area contributed by atoms with E-state index in [2.05, 4.69) is 44.2 Å². The number of rotatable bonds is 7. The Kier molecular flexibility index (Phi) is 6.31. The third-order valence-corrected chi connectivity index (χ3v) is 6.22. The van der Waals surface area contributed by atoms with E-state index in [1.165, 1.54) is 0 Å². The van der Waals surface area contributed by atoms with Gasteiger partial charge in [-0.05, 0) is 30.9 Å². The van der Waals surface area contributed by atoms with Crippen LogP contribution in [0.2, 0.25) is 0 Å². The van der Waals surface area contributed by atoms with E-state index in [-0.39, 0.29) is 12.1 Å². The molecule has 0 atom stereocenters. The molecule has 0 aliphatic heterocycles. The molecule has 180 valence electrons. The zero-order chi connectivity index (χ0) is 23.9. The van der Waals surface area contributed by atoms with E-state index >= 15 is 0 Å². The van der Waals surface area contributed by atoms with Crippen molar-refractivity contribution in [2.45, 2.75) is 38.0 Å². The fraction of sp³-hybridized carbons (Fsp3) is 0.280. The molecule has 1 saturated carbocycles. The molecular formula is C25H28N8O2. The number of hydrogen-bond acceptors (Lipinski definition) is 8. The van der Waals surface area contributed by atoms with Gasteiger partial charge in [0.25, 0.3) is 0 Å². The average Bonchev–Trinajstić information content (AvgIpc) is 3.59. The molecule has 4 aromatic heterocycles. The Morgan fingerprint density at radius 1 is 1.03 bits per heavy atom. The fourth-order valence-electron chi connectivity index (χ4n) is 3.89. The second kappa shape index (κ2) is 9.22. The minimum atomic E-state index is -0.804. The topological polar surface area (TPSA) is 154 Å². The van der Waals surface area contributed by atoms with Gasteiger partial charge in [0, 0.05) is 36.8 Å². The molecule has 0 bridgehead atoms. The standard InChI is InChI=1S/C25H25N7O2.H3N/c1-15(2)20-13-26-14-22(30-20)31-23-18(12-29-32(23)3)19-6-4-16(10-27-19)17-5-7-21(28-11-17)25(8-9-25)24(33)34;/h4-7,10-15H,8-9H2,1-3H3,(H,30,31)(H,33,34);1H3. The molecule has 0 radical (unpaired) electrons. The third kappa shape index (κ3) is 4.47. The van der Waals surface area contributed by atoms with Gasteiger partial charge < -0.3 is 16.6 Å². The highest BCUT2D eigenvalue weighted by Crippen LogP contribution is 2.47. The van der Waals surface area contributed by atoms with Crippen molar-refractivity contribution < 1.29 is 9.90 Å². The van der Waals surface area contributed by atoms with E-state index in [0.717, 1.165) is 33.9 Å². The molecule has 4 heterocycles. The van der Waals surface area contributed by atoms with Crippen LogP contribution in [0.4, 0.5) is 11.6 Å². The maximum Gasteiger partial charge on any atom is 0.315 e. The number of nitrogens with one attached hydrogen (secondary N) is 1. The lowest BCUT2D eigenvalue weighted by atomic mass is 10.0. The van der Waals surface area contributed by atoms with E-state index in [9.17, 15) is 9.90 Å². The Morgan fingerprint density at radius 3 is 2.31 bits per heavy atom. The van der Waals surface area contributed by atoms with Gasteiger partial charge in [-0.1, -0.05) is 26.0 Å². The van der Waals surface area contributed by atoms with Crippen LogP contribution in [0.3, 0.4) is 0 Å². The van der Waals surface area contributed by atoms with Crippen LogP contribution in [-0.2, 0) is 17.3 Å². The first kappa shape index (κ1) is 24.0. The number of carboxylic acid groups (broad SMARTS) is 1. The molecule has 0 spiro atoms. The maximum atomic E-state index is 11.5. The van der Waals surface area contributed by atoms with E-state index in [4.69, 9.17) is 0 Å². The summed E-state index contributed by atoms with van der Waals surface area (Å²) in [6, 6.07) is 7.61. The van der Waals surface area contributed by atoms with Gasteiger partial charge >= 0.3 is 5.97 Å². The highest BCUT2D eigenvalue weighted by Gasteiger charge is 2.53. The molecule has 5 rings (SSSR count). The van der Waals surface area contributed by atoms with Gasteiger partial charge in [0.1, 0.15) is 17.1 Å². The lowest BCUT2D eigenvalue weighted by Gasteiger charge is -2.11. The van der Waals surface area contributed by atoms with E-state index in [0.29, 0.717) is 24.4 Å². The van der Waals surface area contributed by atoms with E-state index in [1.54, 1.807) is 41.7 Å². The molecule has 35 heavy (non-hydrogen) atoms. The Morgan fingerprint density at radius 2 is 1.74 bits per heavy atom. The first-order valence-electron chi connectivity index (χ1n) is 11.1. The molecule has 1 fully saturated rings. The summed E-state index contributed by atoms with van der Waals surface area (Å²) in [5, 5.41) is 17.2. The number of anilines is 2. The molecule has 5 N–H and O–H groups in total. The van der Waals surface area contributed by atoms with Crippen molar-refractivity contribution in [1.82, 2.24) is 35.9 Å². The average molecular weight is 473 g/mol. The summed E-state index contributed by atoms with van der Waals surface area (Å²) in [5.41, 5.74) is 4.11. The highest BCUT2D eigenvalue weighted by molar-refractivity contribution is 5.84. The summed E-state index contributed by atoms with van der Waals surface area (Å²) in [4.78, 5) is 29.5. The molecule has 0 amide bonds. The van der Waals surface area contributed by atoms with E-state index in [1.807, 2.05) is 25.2 Å². The second-order valence-electron chi connectivity index (χ2n) is 8.89. The third-order valence-electron chi connectivity index (χ3n) is 6.22. The summed E-state index contributed by atoms with van der Waals surface area (Å²) in [7, 11) is 1.86. The van der Waals surface area contributed by atoms with Crippen molar-refractivity contribution in [3.8, 4) is 22.4 Å². The zero-order valence-corrected chi connectivity index (χ0v) is 19.9. The van der Waals surface area contributed by atoms with Gasteiger partial charge in [0.05, 0.1) is 35.0 Å². The number of pyridine rings is 2. The van der Waals surface area contributed by atoms with Gasteiger partial charge in [0.15, 0.2) is 0 Å². The Balaban J connectivity index is 0.00000289. The summed E-state index contributed by atoms with van der Waals surface area (Å²) in [6.07, 6.45) is 10.00. The van der Waals surface area contributed by atoms with Crippen LogP contribution in [0.15, 0.2) is 55.2 Å². The normalized spacial score (nSPS) is 13.8. The quantitative estimate of drug-likeness (QED) is 0.353. The van der Waals surface area contributed by atoms with Crippen LogP contribution >= 0.6 is 0 Å². The smallest absolute Gasteiger partial charge is 0.315 e. The lowest BCUT2D eigenvalue weighted by molar-refractivity contribution is -0.140. The second-order valence-corrected chi connectivity index (χ2v) is 8.89. The van der Waals surface area contributed by atoms with Gasteiger partial charge in [-0.3, -0.25) is 24.4 Å². The van der Waals surface area contributed by atoms with Gasteiger partial charge in [-0.15, -0.1) is 0 Å². The first-order valence-corrected chi connectivity index (χ1v) is 11.1. The predicted octanol–water partition coefficient (Wildman–Crippen LogP) is 4.48. The minimum absolute atomic E-state index is 0. The number of carboxylic acids is 1. The Bertz CT molecular complexity index is 1340. The molecule has 10 heteroatoms. The van der Waals surface area contributed by atoms with Gasteiger partial charge in [-0.25, -0.2) is 4.98 Å². The number of aliphatic carboxylic acids is 1. The van der Waals surface area contributed by atoms with Crippen LogP contribution < -0.4 is 11.5 Å². The molecule has 1 aliphatic rings. The number of nitrogens with zero attached hydrogens (tertiary/aromatic N) is 6. The molecule has 10 nitrogen and oxygen atoms in total. The van der Waals surface area contributed by atoms with Crippen LogP contribution in [0, 0.1) is 0 Å². The molecule has 0 unspecified atom stereocenters. The largest absolute Gasteiger partial charge is 0.481 e. The number of aryl methyl sites for hydroxylation is 1. The van der Waals surface area contributed by atoms with Crippen molar-refractivity contribution in [2.24, 2.45) is 7.05 Å². The van der Waals surface area contributed by atoms with Crippen LogP contribution in [0.5, 0.6) is 0 Å². The number of carbonyl (C=O) groups is 1. The predicted molar refractivity (Wildman–Crippen MR) is 133 cm³/mol. The molecule has 1 aliphatic carbocycles. The van der Waals surface area contributed by atoms with Gasteiger partial charge in [0.2, 0.25) is 0 Å². The van der Waals surface area contributed by atoms with Crippen molar-refractivity contribution in [1.29, 1.82) is 0 Å². The van der Waals surface area contributed by atoms with Crippen LogP contribution in [-0.4, -0.2) is 40.8 Å². The zero-order valence-electron chi connectivity index (χ0n) is 19.9. The molecule has 4 aromatic rings. The lowest BCUT2D eigenvalue weighted by Crippen LogP contribution is -2.20. The summed E-state index contributed by atoms with van der Waals surface area (Å²) < 4.78 is 1.74. The summed E-state index contributed by atoms with van der Waals surface area (Å²) >= 11 is 0. The van der Waals surface area contributed by atoms with Crippen molar-refractivity contribution in [2.75, 3.05) is 5.32 Å². The highest BCUT2D eigenvalue weighted by atomic mass is 16.4. The molecular weight excluding hydrogens is 444 g/mol. The summed E-state index contributed by atoms with van der Waals surface area (Å²) in [5.74, 6) is 0.886. The first-order chi connectivity index (χ1) is 16.4. The molecule has 0 saturated heterocycles. The minimum Gasteiger partial charge on any atom is -0.481 e. The Hall–Kier alpha value is -4.18. The van der Waals surface area contributed by atoms with Crippen molar-refractivity contribution in [3.05, 3.63) is 66.6 Å². The maximum absolute atomic E-state index is 11.5. The van der Waals surface area contributed by atoms with Crippen molar-refractivity contribution >= 4 is 17.6 Å². The number of hydrogen-bond donors (Lipinski definition) is 3. The van der Waals surface area contributed by atoms with Gasteiger partial charge in [-0.2, -0.15) is 5.10 Å². The van der Waals surface area contributed by atoms with Crippen LogP contribution in [0.25, 0.3) is 22.4 Å². The fourth-order valence-corrected chi connectivity index (χ4v) is 3.89. The monoisotopic (exact) mass is 472 g/mol. The summed E-state index contributed by atoms with van der Waals surface area (Å²) in [6.45, 7) is 4.15. The molecule has 0 aromatic carbocycles.